The number of hydrogen-bond acceptors (Lipinski definition) is 5. The molecular weight excluding hydrogens is 312 g/mol. The maximum atomic E-state index is 12.6. The third-order valence-electron chi connectivity index (χ3n) is 4.46. The number of methoxy groups -OCH3 is 1. The highest BCUT2D eigenvalue weighted by Gasteiger charge is 2.30. The van der Waals surface area contributed by atoms with Crippen molar-refractivity contribution in [1.82, 2.24) is 9.55 Å². The van der Waals surface area contributed by atoms with Crippen LogP contribution in [0.4, 0.5) is 0 Å². The Bertz CT molecular complexity index is 678. The van der Waals surface area contributed by atoms with E-state index < -0.39 is 0 Å². The summed E-state index contributed by atoms with van der Waals surface area (Å²) in [6, 6.07) is 1.88. The van der Waals surface area contributed by atoms with Crippen LogP contribution in [0.2, 0.25) is 0 Å². The van der Waals surface area contributed by atoms with Gasteiger partial charge in [-0.1, -0.05) is 6.42 Å². The number of thiazole rings is 1. The van der Waals surface area contributed by atoms with E-state index in [-0.39, 0.29) is 18.2 Å². The van der Waals surface area contributed by atoms with Crippen LogP contribution < -0.4 is 0 Å². The van der Waals surface area contributed by atoms with E-state index in [2.05, 4.69) is 4.98 Å². The van der Waals surface area contributed by atoms with Gasteiger partial charge in [0.2, 0.25) is 0 Å². The van der Waals surface area contributed by atoms with Crippen LogP contribution in [0, 0.1) is 13.8 Å². The Balaban J connectivity index is 1.82. The Morgan fingerprint density at radius 2 is 2.04 bits per heavy atom. The summed E-state index contributed by atoms with van der Waals surface area (Å²) in [6.07, 6.45) is 5.66. The van der Waals surface area contributed by atoms with Crippen LogP contribution in [0.25, 0.3) is 5.13 Å². The van der Waals surface area contributed by atoms with Gasteiger partial charge in [0, 0.05) is 30.1 Å². The summed E-state index contributed by atoms with van der Waals surface area (Å²) < 4.78 is 13.2. The van der Waals surface area contributed by atoms with Crippen LogP contribution in [-0.2, 0) is 9.47 Å². The fourth-order valence-corrected chi connectivity index (χ4v) is 4.01. The molecule has 1 aliphatic carbocycles. The van der Waals surface area contributed by atoms with Crippen molar-refractivity contribution in [1.29, 1.82) is 0 Å². The van der Waals surface area contributed by atoms with Crippen LogP contribution in [0.3, 0.4) is 0 Å². The first-order valence-electron chi connectivity index (χ1n) is 7.94. The van der Waals surface area contributed by atoms with Crippen molar-refractivity contribution in [2.75, 3.05) is 7.11 Å². The average molecular weight is 334 g/mol. The number of esters is 1. The van der Waals surface area contributed by atoms with Crippen molar-refractivity contribution >= 4 is 17.3 Å². The number of aromatic nitrogens is 2. The molecule has 0 saturated heterocycles. The molecule has 0 spiro atoms. The molecule has 0 N–H and O–H groups in total. The molecule has 23 heavy (non-hydrogen) atoms. The van der Waals surface area contributed by atoms with E-state index >= 15 is 0 Å². The molecule has 2 heterocycles. The number of hydrogen-bond donors (Lipinski definition) is 0. The number of carbonyl (C=O) groups excluding carboxylic acids is 1. The first kappa shape index (κ1) is 16.2. The highest BCUT2D eigenvalue weighted by atomic mass is 32.1. The van der Waals surface area contributed by atoms with Gasteiger partial charge in [-0.25, -0.2) is 9.78 Å². The molecule has 0 bridgehead atoms. The fourth-order valence-electron chi connectivity index (χ4n) is 3.26. The van der Waals surface area contributed by atoms with Gasteiger partial charge in [0.25, 0.3) is 0 Å². The smallest absolute Gasteiger partial charge is 0.340 e. The number of rotatable bonds is 4. The summed E-state index contributed by atoms with van der Waals surface area (Å²) in [6.45, 7) is 3.91. The maximum absolute atomic E-state index is 12.6. The standard InChI is InChI=1S/C17H22N2O3S/c1-11-10-13(12(2)19(11)17-18-8-9-23-17)16(20)22-15-7-5-4-6-14(15)21-3/h8-10,14-15H,4-7H2,1-3H3/t14-,15+/m0/s1. The zero-order valence-electron chi connectivity index (χ0n) is 13.7. The normalized spacial score (nSPS) is 21.3. The van der Waals surface area contributed by atoms with E-state index in [9.17, 15) is 4.79 Å². The monoisotopic (exact) mass is 334 g/mol. The van der Waals surface area contributed by atoms with E-state index in [1.807, 2.05) is 29.9 Å². The Hall–Kier alpha value is -1.66. The van der Waals surface area contributed by atoms with Gasteiger partial charge in [0.1, 0.15) is 6.10 Å². The third kappa shape index (κ3) is 3.19. The van der Waals surface area contributed by atoms with E-state index in [0.29, 0.717) is 5.56 Å². The molecule has 0 amide bonds. The molecule has 0 aromatic carbocycles. The predicted molar refractivity (Wildman–Crippen MR) is 89.4 cm³/mol. The molecule has 1 fully saturated rings. The van der Waals surface area contributed by atoms with Gasteiger partial charge in [-0.15, -0.1) is 11.3 Å². The third-order valence-corrected chi connectivity index (χ3v) is 5.22. The first-order chi connectivity index (χ1) is 11.1. The number of aryl methyl sites for hydroxylation is 1. The molecule has 6 heteroatoms. The molecule has 124 valence electrons. The number of ether oxygens (including phenoxy) is 2. The Morgan fingerprint density at radius 3 is 2.70 bits per heavy atom. The second-order valence-corrected chi connectivity index (χ2v) is 6.81. The average Bonchev–Trinajstić information content (AvgIpc) is 3.15. The summed E-state index contributed by atoms with van der Waals surface area (Å²) in [4.78, 5) is 17.0. The van der Waals surface area contributed by atoms with Gasteiger partial charge < -0.3 is 9.47 Å². The molecule has 3 rings (SSSR count). The van der Waals surface area contributed by atoms with Gasteiger partial charge in [0.05, 0.1) is 11.7 Å². The van der Waals surface area contributed by atoms with Crippen molar-refractivity contribution in [3.05, 3.63) is 34.6 Å². The van der Waals surface area contributed by atoms with Crippen LogP contribution in [0.15, 0.2) is 17.6 Å². The summed E-state index contributed by atoms with van der Waals surface area (Å²) >= 11 is 1.55. The summed E-state index contributed by atoms with van der Waals surface area (Å²) in [5.74, 6) is -0.269. The summed E-state index contributed by atoms with van der Waals surface area (Å²) in [5.41, 5.74) is 2.46. The van der Waals surface area contributed by atoms with Gasteiger partial charge in [-0.05, 0) is 39.2 Å². The molecule has 2 aromatic rings. The number of nitrogens with zero attached hydrogens (tertiary/aromatic N) is 2. The van der Waals surface area contributed by atoms with Crippen LogP contribution in [-0.4, -0.2) is 34.8 Å². The minimum Gasteiger partial charge on any atom is -0.456 e. The predicted octanol–water partition coefficient (Wildman–Crippen LogP) is 3.67. The zero-order valence-corrected chi connectivity index (χ0v) is 14.6. The molecule has 0 radical (unpaired) electrons. The van der Waals surface area contributed by atoms with Crippen LogP contribution >= 0.6 is 11.3 Å². The SMILES string of the molecule is CO[C@H]1CCCC[C@H]1OC(=O)c1cc(C)n(-c2nccs2)c1C. The zero-order chi connectivity index (χ0) is 16.4. The molecule has 2 aromatic heterocycles. The van der Waals surface area contributed by atoms with Gasteiger partial charge >= 0.3 is 5.97 Å². The molecule has 2 atom stereocenters. The topological polar surface area (TPSA) is 53.4 Å². The Morgan fingerprint density at radius 1 is 1.30 bits per heavy atom. The maximum Gasteiger partial charge on any atom is 0.340 e. The first-order valence-corrected chi connectivity index (χ1v) is 8.82. The van der Waals surface area contributed by atoms with Crippen molar-refractivity contribution < 1.29 is 14.3 Å². The second-order valence-electron chi connectivity index (χ2n) is 5.94. The van der Waals surface area contributed by atoms with Crippen molar-refractivity contribution in [2.24, 2.45) is 0 Å². The molecule has 0 unspecified atom stereocenters. The quantitative estimate of drug-likeness (QED) is 0.801. The van der Waals surface area contributed by atoms with E-state index in [1.165, 1.54) is 0 Å². The lowest BCUT2D eigenvalue weighted by atomic mass is 9.94. The molecule has 5 nitrogen and oxygen atoms in total. The Kier molecular flexibility index (Phi) is 4.82. The van der Waals surface area contributed by atoms with Crippen LogP contribution in [0.5, 0.6) is 0 Å². The molecule has 0 aliphatic heterocycles. The van der Waals surface area contributed by atoms with E-state index in [0.717, 1.165) is 42.2 Å². The van der Waals surface area contributed by atoms with Crippen LogP contribution in [0.1, 0.15) is 47.4 Å². The summed E-state index contributed by atoms with van der Waals surface area (Å²) in [7, 11) is 1.69. The minimum absolute atomic E-state index is 0.00940. The lowest BCUT2D eigenvalue weighted by Gasteiger charge is -2.29. The molecular formula is C17H22N2O3S. The van der Waals surface area contributed by atoms with Gasteiger partial charge in [-0.3, -0.25) is 4.57 Å². The lowest BCUT2D eigenvalue weighted by molar-refractivity contribution is -0.0539. The highest BCUT2D eigenvalue weighted by Crippen LogP contribution is 2.27. The molecule has 1 aliphatic rings. The van der Waals surface area contributed by atoms with Gasteiger partial charge in [0.15, 0.2) is 5.13 Å². The van der Waals surface area contributed by atoms with Crippen molar-refractivity contribution in [3.63, 3.8) is 0 Å². The molecule has 1 saturated carbocycles. The van der Waals surface area contributed by atoms with Crippen molar-refractivity contribution in [3.8, 4) is 5.13 Å². The largest absolute Gasteiger partial charge is 0.456 e. The minimum atomic E-state index is -0.269. The van der Waals surface area contributed by atoms with E-state index in [1.54, 1.807) is 24.6 Å². The van der Waals surface area contributed by atoms with E-state index in [4.69, 9.17) is 9.47 Å². The second kappa shape index (κ2) is 6.84. The van der Waals surface area contributed by atoms with Gasteiger partial charge in [-0.2, -0.15) is 0 Å². The number of carbonyl (C=O) groups is 1. The Labute approximate surface area is 140 Å². The van der Waals surface area contributed by atoms with Crippen molar-refractivity contribution in [2.45, 2.75) is 51.7 Å². The summed E-state index contributed by atoms with van der Waals surface area (Å²) in [5, 5.41) is 2.80. The lowest BCUT2D eigenvalue weighted by Crippen LogP contribution is -2.35. The highest BCUT2D eigenvalue weighted by molar-refractivity contribution is 7.12. The fraction of sp³-hybridized carbons (Fsp3) is 0.529.